The lowest BCUT2D eigenvalue weighted by Gasteiger charge is -2.38. The second-order valence-corrected chi connectivity index (χ2v) is 8.43. The summed E-state index contributed by atoms with van der Waals surface area (Å²) in [6, 6.07) is 6.39. The number of hydrogen-bond donors (Lipinski definition) is 3. The average molecular weight is 416 g/mol. The minimum Gasteiger partial charge on any atom is -0.341 e. The first-order valence-corrected chi connectivity index (χ1v) is 10.7. The van der Waals surface area contributed by atoms with Gasteiger partial charge in [-0.05, 0) is 59.2 Å². The fourth-order valence-electron chi connectivity index (χ4n) is 4.19. The number of carbonyl (C=O) groups excluding carboxylic acids is 3. The Labute approximate surface area is 178 Å². The van der Waals surface area contributed by atoms with Crippen LogP contribution in [0, 0.1) is 6.92 Å². The van der Waals surface area contributed by atoms with Crippen LogP contribution in [0.4, 0.5) is 10.5 Å². The van der Waals surface area contributed by atoms with Crippen LogP contribution < -0.4 is 16.0 Å². The van der Waals surface area contributed by atoms with Crippen molar-refractivity contribution in [3.63, 3.8) is 0 Å². The quantitative estimate of drug-likeness (QED) is 0.698. The predicted molar refractivity (Wildman–Crippen MR) is 116 cm³/mol. The second-order valence-electron chi connectivity index (χ2n) is 8.43. The molecule has 4 amide bonds. The van der Waals surface area contributed by atoms with Gasteiger partial charge in [0.2, 0.25) is 11.8 Å². The monoisotopic (exact) mass is 415 g/mol. The zero-order valence-electron chi connectivity index (χ0n) is 18.3. The lowest BCUT2D eigenvalue weighted by Crippen LogP contribution is -2.61. The number of hydrogen-bond acceptors (Lipinski definition) is 4. The largest absolute Gasteiger partial charge is 0.341 e. The Morgan fingerprint density at radius 1 is 1.13 bits per heavy atom. The van der Waals surface area contributed by atoms with E-state index in [1.165, 1.54) is 0 Å². The normalized spacial score (nSPS) is 25.2. The fraction of sp³-hybridized carbons (Fsp3) is 0.591. The molecule has 0 radical (unpaired) electrons. The van der Waals surface area contributed by atoms with Gasteiger partial charge in [0.25, 0.3) is 0 Å². The number of amides is 4. The summed E-state index contributed by atoms with van der Waals surface area (Å²) in [7, 11) is 1.70. The predicted octanol–water partition coefficient (Wildman–Crippen LogP) is 1.70. The Hall–Kier alpha value is -2.61. The number of anilines is 1. The van der Waals surface area contributed by atoms with Crippen molar-refractivity contribution in [2.75, 3.05) is 25.5 Å². The van der Waals surface area contributed by atoms with Crippen LogP contribution in [-0.2, 0) is 9.59 Å². The van der Waals surface area contributed by atoms with Crippen molar-refractivity contribution in [2.24, 2.45) is 0 Å². The number of carbonyl (C=O) groups is 3. The van der Waals surface area contributed by atoms with Gasteiger partial charge in [-0.25, -0.2) is 4.79 Å². The van der Waals surface area contributed by atoms with Crippen LogP contribution in [0.5, 0.6) is 0 Å². The van der Waals surface area contributed by atoms with E-state index in [2.05, 4.69) is 22.9 Å². The molecule has 8 nitrogen and oxygen atoms in total. The topological polar surface area (TPSA) is 93.8 Å². The molecule has 164 valence electrons. The summed E-state index contributed by atoms with van der Waals surface area (Å²) in [5, 5.41) is 8.67. The molecule has 0 spiro atoms. The van der Waals surface area contributed by atoms with Gasteiger partial charge in [0.1, 0.15) is 6.04 Å². The molecule has 3 rings (SSSR count). The maximum atomic E-state index is 13.3. The molecule has 1 aromatic carbocycles. The van der Waals surface area contributed by atoms with Gasteiger partial charge < -0.3 is 25.8 Å². The van der Waals surface area contributed by atoms with Crippen LogP contribution in [0.3, 0.4) is 0 Å². The molecule has 2 saturated heterocycles. The Morgan fingerprint density at radius 2 is 1.83 bits per heavy atom. The van der Waals surface area contributed by atoms with Crippen LogP contribution >= 0.6 is 0 Å². The van der Waals surface area contributed by atoms with E-state index in [0.29, 0.717) is 12.2 Å². The third-order valence-corrected chi connectivity index (χ3v) is 6.21. The molecule has 3 N–H and O–H groups in total. The maximum absolute atomic E-state index is 13.3. The molecule has 0 saturated carbocycles. The zero-order valence-corrected chi connectivity index (χ0v) is 18.3. The van der Waals surface area contributed by atoms with E-state index in [9.17, 15) is 14.4 Å². The Balaban J connectivity index is 1.78. The van der Waals surface area contributed by atoms with Gasteiger partial charge in [0.15, 0.2) is 0 Å². The van der Waals surface area contributed by atoms with Gasteiger partial charge in [-0.1, -0.05) is 17.7 Å². The summed E-state index contributed by atoms with van der Waals surface area (Å²) in [6.07, 6.45) is 2.61. The highest BCUT2D eigenvalue weighted by molar-refractivity contribution is 5.93. The van der Waals surface area contributed by atoms with E-state index in [1.54, 1.807) is 18.9 Å². The molecule has 2 fully saturated rings. The van der Waals surface area contributed by atoms with Gasteiger partial charge in [-0.15, -0.1) is 0 Å². The molecular formula is C22H33N5O3. The molecule has 2 aliphatic heterocycles. The molecule has 4 atom stereocenters. The molecule has 0 aromatic heterocycles. The van der Waals surface area contributed by atoms with E-state index in [4.69, 9.17) is 0 Å². The van der Waals surface area contributed by atoms with Crippen LogP contribution in [0.25, 0.3) is 0 Å². The van der Waals surface area contributed by atoms with Crippen molar-refractivity contribution in [2.45, 2.75) is 64.2 Å². The molecule has 4 unspecified atom stereocenters. The number of rotatable bonds is 4. The van der Waals surface area contributed by atoms with Gasteiger partial charge >= 0.3 is 6.03 Å². The molecular weight excluding hydrogens is 382 g/mol. The first kappa shape index (κ1) is 22.1. The summed E-state index contributed by atoms with van der Waals surface area (Å²) in [6.45, 7) is 6.47. The number of fused-ring (bicyclic) bond motifs is 1. The summed E-state index contributed by atoms with van der Waals surface area (Å²) in [5.41, 5.74) is 1.82. The van der Waals surface area contributed by atoms with E-state index >= 15 is 0 Å². The highest BCUT2D eigenvalue weighted by Crippen LogP contribution is 2.29. The first-order valence-electron chi connectivity index (χ1n) is 10.7. The molecule has 2 heterocycles. The summed E-state index contributed by atoms with van der Waals surface area (Å²) in [4.78, 5) is 42.4. The van der Waals surface area contributed by atoms with E-state index < -0.39 is 12.1 Å². The number of benzene rings is 1. The van der Waals surface area contributed by atoms with Gasteiger partial charge in [0.05, 0.1) is 12.6 Å². The first-order chi connectivity index (χ1) is 14.3. The molecule has 8 heteroatoms. The standard InChI is InChI=1S/C22H33N5O3/c1-14-5-8-17(9-6-14)24-22(30)26-12-11-18-10-7-15(2)27(18)21(29)19(13-26)25-20(28)16(3)23-4/h5-6,8-9,15-16,18-19,23H,7,10-13H2,1-4H3,(H,24,30)(H,25,28). The Bertz CT molecular complexity index is 781. The average Bonchev–Trinajstić information content (AvgIpc) is 3.09. The highest BCUT2D eigenvalue weighted by atomic mass is 16.2. The van der Waals surface area contributed by atoms with Crippen molar-refractivity contribution >= 4 is 23.5 Å². The summed E-state index contributed by atoms with van der Waals surface area (Å²) < 4.78 is 0. The minimum atomic E-state index is -0.764. The van der Waals surface area contributed by atoms with E-state index in [1.807, 2.05) is 36.1 Å². The molecule has 2 aliphatic rings. The van der Waals surface area contributed by atoms with Gasteiger partial charge in [0, 0.05) is 24.3 Å². The van der Waals surface area contributed by atoms with Crippen molar-refractivity contribution in [1.82, 2.24) is 20.4 Å². The third-order valence-electron chi connectivity index (χ3n) is 6.21. The SMILES string of the molecule is CNC(C)C(=O)NC1CN(C(=O)Nc2ccc(C)cc2)CCC2CCC(C)N2C1=O. The number of urea groups is 1. The van der Waals surface area contributed by atoms with Crippen LogP contribution in [0.1, 0.15) is 38.7 Å². The lowest BCUT2D eigenvalue weighted by molar-refractivity contribution is -0.140. The number of likely N-dealkylation sites (N-methyl/N-ethyl adjacent to an activating group) is 1. The third kappa shape index (κ3) is 4.92. The van der Waals surface area contributed by atoms with Crippen LogP contribution in [-0.4, -0.2) is 71.9 Å². The Morgan fingerprint density at radius 3 is 2.50 bits per heavy atom. The smallest absolute Gasteiger partial charge is 0.321 e. The minimum absolute atomic E-state index is 0.101. The highest BCUT2D eigenvalue weighted by Gasteiger charge is 2.41. The molecule has 0 aliphatic carbocycles. The zero-order chi connectivity index (χ0) is 21.8. The summed E-state index contributed by atoms with van der Waals surface area (Å²) >= 11 is 0. The van der Waals surface area contributed by atoms with Gasteiger partial charge in [-0.2, -0.15) is 0 Å². The van der Waals surface area contributed by atoms with E-state index in [0.717, 1.165) is 24.8 Å². The summed E-state index contributed by atoms with van der Waals surface area (Å²) in [5.74, 6) is -0.354. The van der Waals surface area contributed by atoms with Crippen molar-refractivity contribution in [3.8, 4) is 0 Å². The van der Waals surface area contributed by atoms with E-state index in [-0.39, 0.29) is 36.5 Å². The molecule has 30 heavy (non-hydrogen) atoms. The van der Waals surface area contributed by atoms with Crippen LogP contribution in [0.2, 0.25) is 0 Å². The number of nitrogens with zero attached hydrogens (tertiary/aromatic N) is 2. The molecule has 1 aromatic rings. The van der Waals surface area contributed by atoms with Crippen molar-refractivity contribution in [1.29, 1.82) is 0 Å². The van der Waals surface area contributed by atoms with Crippen LogP contribution in [0.15, 0.2) is 24.3 Å². The lowest BCUT2D eigenvalue weighted by atomic mass is 10.1. The van der Waals surface area contributed by atoms with Crippen molar-refractivity contribution < 1.29 is 14.4 Å². The number of nitrogens with one attached hydrogen (secondary N) is 3. The Kier molecular flexibility index (Phi) is 6.97. The fourth-order valence-corrected chi connectivity index (χ4v) is 4.19. The second kappa shape index (κ2) is 9.47. The molecule has 0 bridgehead atoms. The maximum Gasteiger partial charge on any atom is 0.321 e. The van der Waals surface area contributed by atoms with Crippen molar-refractivity contribution in [3.05, 3.63) is 29.8 Å². The van der Waals surface area contributed by atoms with Gasteiger partial charge in [-0.3, -0.25) is 9.59 Å². The number of aryl methyl sites for hydroxylation is 1.